The second-order valence-electron chi connectivity index (χ2n) is 7.53. The third kappa shape index (κ3) is 3.24. The van der Waals surface area contributed by atoms with Gasteiger partial charge in [0.1, 0.15) is 17.5 Å². The van der Waals surface area contributed by atoms with Gasteiger partial charge in [-0.15, -0.1) is 0 Å². The summed E-state index contributed by atoms with van der Waals surface area (Å²) in [5, 5.41) is 0. The average molecular weight is 403 g/mol. The van der Waals surface area contributed by atoms with E-state index in [-0.39, 0.29) is 24.1 Å². The summed E-state index contributed by atoms with van der Waals surface area (Å²) in [5.41, 5.74) is 3.03. The van der Waals surface area contributed by atoms with Crippen LogP contribution in [0.4, 0.5) is 14.5 Å². The van der Waals surface area contributed by atoms with E-state index < -0.39 is 5.82 Å². The SMILES string of the molecule is O=C1C[C@H](c2nc3ccccc3n2Cc2ccc(F)cc2)CN1c1ccccc1F. The number of benzene rings is 3. The predicted octanol–water partition coefficient (Wildman–Crippen LogP) is 4.88. The van der Waals surface area contributed by atoms with Gasteiger partial charge < -0.3 is 9.47 Å². The number of para-hydroxylation sites is 3. The lowest BCUT2D eigenvalue weighted by atomic mass is 10.1. The number of aromatic nitrogens is 2. The van der Waals surface area contributed by atoms with E-state index in [1.54, 1.807) is 30.3 Å². The Hall–Kier alpha value is -3.54. The summed E-state index contributed by atoms with van der Waals surface area (Å²) < 4.78 is 29.7. The second kappa shape index (κ2) is 7.37. The molecule has 0 spiro atoms. The van der Waals surface area contributed by atoms with Gasteiger partial charge in [-0.3, -0.25) is 4.79 Å². The normalized spacial score (nSPS) is 16.5. The van der Waals surface area contributed by atoms with Crippen molar-refractivity contribution in [2.75, 3.05) is 11.4 Å². The molecule has 0 saturated carbocycles. The van der Waals surface area contributed by atoms with Crippen molar-refractivity contribution in [3.8, 4) is 0 Å². The van der Waals surface area contributed by atoms with Gasteiger partial charge in [0.2, 0.25) is 5.91 Å². The first-order chi connectivity index (χ1) is 14.6. The highest BCUT2D eigenvalue weighted by molar-refractivity contribution is 5.96. The lowest BCUT2D eigenvalue weighted by molar-refractivity contribution is -0.117. The van der Waals surface area contributed by atoms with Gasteiger partial charge in [0.25, 0.3) is 0 Å². The van der Waals surface area contributed by atoms with E-state index in [0.717, 1.165) is 22.4 Å². The summed E-state index contributed by atoms with van der Waals surface area (Å²) in [6, 6.07) is 20.5. The van der Waals surface area contributed by atoms with Gasteiger partial charge in [-0.1, -0.05) is 36.4 Å². The molecule has 1 fully saturated rings. The van der Waals surface area contributed by atoms with Crippen molar-refractivity contribution in [2.24, 2.45) is 0 Å². The molecule has 0 unspecified atom stereocenters. The number of carbonyl (C=O) groups excluding carboxylic acids is 1. The van der Waals surface area contributed by atoms with Crippen LogP contribution in [0.25, 0.3) is 11.0 Å². The molecule has 1 saturated heterocycles. The Bertz CT molecular complexity index is 1230. The smallest absolute Gasteiger partial charge is 0.227 e. The summed E-state index contributed by atoms with van der Waals surface area (Å²) in [4.78, 5) is 19.0. The number of nitrogens with zero attached hydrogens (tertiary/aromatic N) is 3. The number of hydrogen-bond donors (Lipinski definition) is 0. The molecule has 4 aromatic rings. The Morgan fingerprint density at radius 1 is 0.933 bits per heavy atom. The van der Waals surface area contributed by atoms with E-state index in [2.05, 4.69) is 4.57 Å². The molecule has 0 radical (unpaired) electrons. The summed E-state index contributed by atoms with van der Waals surface area (Å²) in [6.45, 7) is 0.882. The Labute approximate surface area is 172 Å². The number of fused-ring (bicyclic) bond motifs is 1. The van der Waals surface area contributed by atoms with Crippen LogP contribution in [0, 0.1) is 11.6 Å². The first-order valence-electron chi connectivity index (χ1n) is 9.84. The molecule has 1 aromatic heterocycles. The van der Waals surface area contributed by atoms with Crippen molar-refractivity contribution in [2.45, 2.75) is 18.9 Å². The number of amides is 1. The maximum atomic E-state index is 14.3. The molecule has 5 rings (SSSR count). The van der Waals surface area contributed by atoms with Crippen molar-refractivity contribution in [1.29, 1.82) is 0 Å². The molecule has 3 aromatic carbocycles. The first kappa shape index (κ1) is 18.5. The van der Waals surface area contributed by atoms with Gasteiger partial charge in [0, 0.05) is 25.4 Å². The van der Waals surface area contributed by atoms with E-state index in [1.165, 1.54) is 23.1 Å². The standard InChI is InChI=1S/C24H19F2N3O/c25-18-11-9-16(10-12-18)14-29-22-8-4-2-6-20(22)27-24(29)17-13-23(30)28(15-17)21-7-3-1-5-19(21)26/h1-12,17H,13-15H2/t17-/m0/s1. The van der Waals surface area contributed by atoms with Crippen molar-refractivity contribution in [1.82, 2.24) is 9.55 Å². The number of imidazole rings is 1. The maximum absolute atomic E-state index is 14.3. The fourth-order valence-corrected chi connectivity index (χ4v) is 4.13. The summed E-state index contributed by atoms with van der Waals surface area (Å²) in [5.74, 6) is -0.189. The second-order valence-corrected chi connectivity index (χ2v) is 7.53. The van der Waals surface area contributed by atoms with Crippen molar-refractivity contribution >= 4 is 22.6 Å². The molecule has 1 atom stereocenters. The molecule has 0 aliphatic carbocycles. The van der Waals surface area contributed by atoms with E-state index in [0.29, 0.717) is 18.8 Å². The molecule has 4 nitrogen and oxygen atoms in total. The molecule has 1 aliphatic heterocycles. The van der Waals surface area contributed by atoms with Crippen LogP contribution in [-0.2, 0) is 11.3 Å². The van der Waals surface area contributed by atoms with Crippen LogP contribution >= 0.6 is 0 Å². The van der Waals surface area contributed by atoms with Crippen LogP contribution < -0.4 is 4.90 Å². The zero-order valence-electron chi connectivity index (χ0n) is 16.1. The Kier molecular flexibility index (Phi) is 4.54. The van der Waals surface area contributed by atoms with Gasteiger partial charge in [0.05, 0.1) is 16.7 Å². The number of halogens is 2. The van der Waals surface area contributed by atoms with E-state index in [4.69, 9.17) is 4.98 Å². The van der Waals surface area contributed by atoms with Gasteiger partial charge in [0.15, 0.2) is 0 Å². The minimum Gasteiger partial charge on any atom is -0.323 e. The molecule has 0 N–H and O–H groups in total. The molecule has 6 heteroatoms. The Morgan fingerprint density at radius 2 is 1.67 bits per heavy atom. The van der Waals surface area contributed by atoms with Gasteiger partial charge in [-0.05, 0) is 42.0 Å². The topological polar surface area (TPSA) is 38.1 Å². The molecule has 1 aliphatic rings. The average Bonchev–Trinajstić information content (AvgIpc) is 3.31. The summed E-state index contributed by atoms with van der Waals surface area (Å²) in [7, 11) is 0. The van der Waals surface area contributed by atoms with E-state index in [1.807, 2.05) is 24.3 Å². The molecular weight excluding hydrogens is 384 g/mol. The van der Waals surface area contributed by atoms with Gasteiger partial charge in [-0.25, -0.2) is 13.8 Å². The van der Waals surface area contributed by atoms with Crippen LogP contribution in [0.1, 0.15) is 23.7 Å². The van der Waals surface area contributed by atoms with Crippen molar-refractivity contribution < 1.29 is 13.6 Å². The Balaban J connectivity index is 1.53. The third-order valence-electron chi connectivity index (χ3n) is 5.57. The highest BCUT2D eigenvalue weighted by atomic mass is 19.1. The minimum absolute atomic E-state index is 0.120. The van der Waals surface area contributed by atoms with Crippen LogP contribution in [-0.4, -0.2) is 22.0 Å². The predicted molar refractivity (Wildman–Crippen MR) is 111 cm³/mol. The monoisotopic (exact) mass is 403 g/mol. The maximum Gasteiger partial charge on any atom is 0.227 e. The van der Waals surface area contributed by atoms with Gasteiger partial charge >= 0.3 is 0 Å². The molecule has 150 valence electrons. The number of rotatable bonds is 4. The highest BCUT2D eigenvalue weighted by Gasteiger charge is 2.35. The van der Waals surface area contributed by atoms with Crippen LogP contribution in [0.5, 0.6) is 0 Å². The first-order valence-corrected chi connectivity index (χ1v) is 9.84. The highest BCUT2D eigenvalue weighted by Crippen LogP contribution is 2.34. The zero-order chi connectivity index (χ0) is 20.7. The fourth-order valence-electron chi connectivity index (χ4n) is 4.13. The van der Waals surface area contributed by atoms with Gasteiger partial charge in [-0.2, -0.15) is 0 Å². The van der Waals surface area contributed by atoms with Crippen molar-refractivity contribution in [3.05, 3.63) is 95.8 Å². The number of hydrogen-bond acceptors (Lipinski definition) is 2. The number of carbonyl (C=O) groups is 1. The lowest BCUT2D eigenvalue weighted by Gasteiger charge is -2.18. The molecule has 0 bridgehead atoms. The fraction of sp³-hybridized carbons (Fsp3) is 0.167. The minimum atomic E-state index is -0.411. The van der Waals surface area contributed by atoms with E-state index in [9.17, 15) is 13.6 Å². The quantitative estimate of drug-likeness (QED) is 0.487. The van der Waals surface area contributed by atoms with Crippen LogP contribution in [0.3, 0.4) is 0 Å². The molecular formula is C24H19F2N3O. The van der Waals surface area contributed by atoms with Crippen LogP contribution in [0.15, 0.2) is 72.8 Å². The van der Waals surface area contributed by atoms with Crippen molar-refractivity contribution in [3.63, 3.8) is 0 Å². The van der Waals surface area contributed by atoms with Crippen LogP contribution in [0.2, 0.25) is 0 Å². The molecule has 1 amide bonds. The summed E-state index contributed by atoms with van der Waals surface area (Å²) in [6.07, 6.45) is 0.265. The number of anilines is 1. The summed E-state index contributed by atoms with van der Waals surface area (Å²) >= 11 is 0. The molecule has 30 heavy (non-hydrogen) atoms. The largest absolute Gasteiger partial charge is 0.323 e. The third-order valence-corrected chi connectivity index (χ3v) is 5.57. The zero-order valence-corrected chi connectivity index (χ0v) is 16.1. The molecule has 2 heterocycles. The van der Waals surface area contributed by atoms with E-state index >= 15 is 0 Å². The lowest BCUT2D eigenvalue weighted by Crippen LogP contribution is -2.25. The Morgan fingerprint density at radius 3 is 2.47 bits per heavy atom.